The zero-order valence-corrected chi connectivity index (χ0v) is 15.8. The van der Waals surface area contributed by atoms with Crippen LogP contribution in [0.1, 0.15) is 15.9 Å². The molecule has 2 aromatic carbocycles. The average Bonchev–Trinajstić information content (AvgIpc) is 2.68. The lowest BCUT2D eigenvalue weighted by Gasteiger charge is -2.32. The number of halogens is 4. The van der Waals surface area contributed by atoms with Crippen molar-refractivity contribution in [1.29, 1.82) is 0 Å². The molecule has 1 N–H and O–H groups in total. The van der Waals surface area contributed by atoms with Gasteiger partial charge in [0.25, 0.3) is 5.91 Å². The van der Waals surface area contributed by atoms with Crippen LogP contribution < -0.4 is 14.4 Å². The lowest BCUT2D eigenvalue weighted by molar-refractivity contribution is -0.917. The summed E-state index contributed by atoms with van der Waals surface area (Å²) in [7, 11) is 1.54. The molecule has 1 aliphatic heterocycles. The molecule has 2 aromatic rings. The number of alkyl halides is 3. The Hall–Kier alpha value is -2.81. The van der Waals surface area contributed by atoms with Gasteiger partial charge in [0.15, 0.2) is 0 Å². The van der Waals surface area contributed by atoms with Crippen molar-refractivity contribution < 1.29 is 36.7 Å². The van der Waals surface area contributed by atoms with Gasteiger partial charge in [-0.25, -0.2) is 4.39 Å². The van der Waals surface area contributed by atoms with Gasteiger partial charge in [0.05, 0.1) is 38.9 Å². The molecular weight excluding hydrogens is 392 g/mol. The summed E-state index contributed by atoms with van der Waals surface area (Å²) >= 11 is 0. The number of nitrogens with one attached hydrogen (secondary N) is 1. The number of ether oxygens (including phenoxy) is 2. The first-order valence-corrected chi connectivity index (χ1v) is 9.06. The van der Waals surface area contributed by atoms with Crippen molar-refractivity contribution in [3.63, 3.8) is 0 Å². The molecule has 1 aliphatic rings. The minimum absolute atomic E-state index is 0.244. The molecule has 0 radical (unpaired) electrons. The second-order valence-corrected chi connectivity index (χ2v) is 6.75. The fourth-order valence-corrected chi connectivity index (χ4v) is 3.34. The van der Waals surface area contributed by atoms with E-state index in [1.165, 1.54) is 36.3 Å². The number of amides is 1. The standard InChI is InChI=1S/C20H20F4N2O3/c1-28-18-7-4-16(21)12-15(18)13-25-8-10-26(11-9-25)19(27)14-2-5-17(6-3-14)29-20(22,23)24/h2-7,12H,8-11,13H2,1H3/p+1. The first-order chi connectivity index (χ1) is 13.7. The van der Waals surface area contributed by atoms with E-state index in [0.717, 1.165) is 17.7 Å². The number of quaternary nitrogens is 1. The molecular formula is C20H21F4N2O3+. The maximum absolute atomic E-state index is 13.5. The van der Waals surface area contributed by atoms with Gasteiger partial charge in [-0.1, -0.05) is 0 Å². The highest BCUT2D eigenvalue weighted by molar-refractivity contribution is 5.94. The molecule has 1 saturated heterocycles. The van der Waals surface area contributed by atoms with Crippen LogP contribution in [0, 0.1) is 5.82 Å². The van der Waals surface area contributed by atoms with Crippen molar-refractivity contribution in [3.05, 3.63) is 59.4 Å². The lowest BCUT2D eigenvalue weighted by atomic mass is 10.1. The Bertz CT molecular complexity index is 848. The summed E-state index contributed by atoms with van der Waals surface area (Å²) in [5.74, 6) is -0.316. The third-order valence-corrected chi connectivity index (χ3v) is 4.78. The largest absolute Gasteiger partial charge is 0.573 e. The molecule has 156 valence electrons. The zero-order chi connectivity index (χ0) is 21.0. The second-order valence-electron chi connectivity index (χ2n) is 6.75. The van der Waals surface area contributed by atoms with Gasteiger partial charge in [0.1, 0.15) is 23.9 Å². The molecule has 0 unspecified atom stereocenters. The topological polar surface area (TPSA) is 43.2 Å². The number of rotatable bonds is 5. The highest BCUT2D eigenvalue weighted by atomic mass is 19.4. The molecule has 9 heteroatoms. The Morgan fingerprint density at radius 1 is 1.10 bits per heavy atom. The van der Waals surface area contributed by atoms with Crippen molar-refractivity contribution in [2.75, 3.05) is 33.3 Å². The van der Waals surface area contributed by atoms with E-state index in [-0.39, 0.29) is 17.5 Å². The van der Waals surface area contributed by atoms with Gasteiger partial charge >= 0.3 is 6.36 Å². The van der Waals surface area contributed by atoms with E-state index in [1.807, 2.05) is 0 Å². The van der Waals surface area contributed by atoms with E-state index in [0.29, 0.717) is 44.0 Å². The van der Waals surface area contributed by atoms with Gasteiger partial charge in [-0.05, 0) is 42.5 Å². The Balaban J connectivity index is 1.56. The highest BCUT2D eigenvalue weighted by Crippen LogP contribution is 2.23. The van der Waals surface area contributed by atoms with Crippen molar-refractivity contribution in [3.8, 4) is 11.5 Å². The number of hydrogen-bond donors (Lipinski definition) is 1. The smallest absolute Gasteiger partial charge is 0.496 e. The first-order valence-electron chi connectivity index (χ1n) is 9.06. The van der Waals surface area contributed by atoms with Crippen LogP contribution in [0.25, 0.3) is 0 Å². The molecule has 5 nitrogen and oxygen atoms in total. The first kappa shape index (κ1) is 20.9. The van der Waals surface area contributed by atoms with Crippen LogP contribution >= 0.6 is 0 Å². The molecule has 1 amide bonds. The van der Waals surface area contributed by atoms with Crippen molar-refractivity contribution in [2.45, 2.75) is 12.9 Å². The maximum Gasteiger partial charge on any atom is 0.573 e. The van der Waals surface area contributed by atoms with Gasteiger partial charge in [-0.2, -0.15) is 0 Å². The fourth-order valence-electron chi connectivity index (χ4n) is 3.34. The Labute approximate surface area is 165 Å². The van der Waals surface area contributed by atoms with E-state index in [2.05, 4.69) is 4.74 Å². The molecule has 29 heavy (non-hydrogen) atoms. The normalized spacial score (nSPS) is 15.3. The molecule has 1 heterocycles. The summed E-state index contributed by atoms with van der Waals surface area (Å²) in [6, 6.07) is 9.28. The maximum atomic E-state index is 13.5. The predicted molar refractivity (Wildman–Crippen MR) is 96.4 cm³/mol. The SMILES string of the molecule is COc1ccc(F)cc1C[NH+]1CCN(C(=O)c2ccc(OC(F)(F)F)cc2)CC1. The molecule has 1 fully saturated rings. The van der Waals surface area contributed by atoms with Crippen molar-refractivity contribution in [1.82, 2.24) is 4.90 Å². The summed E-state index contributed by atoms with van der Waals surface area (Å²) in [5.41, 5.74) is 1.07. The molecule has 0 aromatic heterocycles. The van der Waals surface area contributed by atoms with Gasteiger partial charge < -0.3 is 19.3 Å². The summed E-state index contributed by atoms with van der Waals surface area (Å²) in [4.78, 5) is 15.4. The Morgan fingerprint density at radius 3 is 2.34 bits per heavy atom. The van der Waals surface area contributed by atoms with Crippen LogP contribution in [0.2, 0.25) is 0 Å². The molecule has 3 rings (SSSR count). The monoisotopic (exact) mass is 413 g/mol. The van der Waals surface area contributed by atoms with E-state index in [4.69, 9.17) is 4.74 Å². The fraction of sp³-hybridized carbons (Fsp3) is 0.350. The predicted octanol–water partition coefficient (Wildman–Crippen LogP) is 2.27. The summed E-state index contributed by atoms with van der Waals surface area (Å²) in [6.07, 6.45) is -4.77. The van der Waals surface area contributed by atoms with Crippen molar-refractivity contribution >= 4 is 5.91 Å². The van der Waals surface area contributed by atoms with Crippen LogP contribution in [-0.2, 0) is 6.54 Å². The van der Waals surface area contributed by atoms with Crippen LogP contribution in [0.5, 0.6) is 11.5 Å². The summed E-state index contributed by atoms with van der Waals surface area (Å²) < 4.78 is 59.3. The van der Waals surface area contributed by atoms with Gasteiger partial charge in [0, 0.05) is 5.56 Å². The molecule has 0 saturated carbocycles. The quantitative estimate of drug-likeness (QED) is 0.765. The van der Waals surface area contributed by atoms with Crippen molar-refractivity contribution in [2.24, 2.45) is 0 Å². The van der Waals surface area contributed by atoms with Crippen LogP contribution in [0.15, 0.2) is 42.5 Å². The van der Waals surface area contributed by atoms with Crippen LogP contribution in [0.4, 0.5) is 17.6 Å². The number of carbonyl (C=O) groups is 1. The summed E-state index contributed by atoms with van der Waals surface area (Å²) in [6.45, 7) is 2.90. The lowest BCUT2D eigenvalue weighted by Crippen LogP contribution is -3.13. The van der Waals surface area contributed by atoms with E-state index >= 15 is 0 Å². The van der Waals surface area contributed by atoms with Gasteiger partial charge in [0.2, 0.25) is 0 Å². The molecule has 0 aliphatic carbocycles. The Kier molecular flexibility index (Phi) is 6.26. The number of hydrogen-bond acceptors (Lipinski definition) is 3. The van der Waals surface area contributed by atoms with Crippen LogP contribution in [0.3, 0.4) is 0 Å². The number of methoxy groups -OCH3 is 1. The molecule has 0 bridgehead atoms. The van der Waals surface area contributed by atoms with Crippen LogP contribution in [-0.4, -0.2) is 50.5 Å². The average molecular weight is 413 g/mol. The minimum Gasteiger partial charge on any atom is -0.496 e. The summed E-state index contributed by atoms with van der Waals surface area (Å²) in [5, 5.41) is 0. The zero-order valence-electron chi connectivity index (χ0n) is 15.8. The molecule has 0 spiro atoms. The number of benzene rings is 2. The van der Waals surface area contributed by atoms with E-state index in [9.17, 15) is 22.4 Å². The van der Waals surface area contributed by atoms with E-state index < -0.39 is 6.36 Å². The number of piperazine rings is 1. The third kappa shape index (κ3) is 5.60. The Morgan fingerprint density at radius 2 is 1.76 bits per heavy atom. The highest BCUT2D eigenvalue weighted by Gasteiger charge is 2.31. The third-order valence-electron chi connectivity index (χ3n) is 4.78. The minimum atomic E-state index is -4.77. The van der Waals surface area contributed by atoms with Gasteiger partial charge in [-0.15, -0.1) is 13.2 Å². The second kappa shape index (κ2) is 8.69. The molecule has 0 atom stereocenters. The number of carbonyl (C=O) groups excluding carboxylic acids is 1. The van der Waals surface area contributed by atoms with Gasteiger partial charge in [-0.3, -0.25) is 4.79 Å². The van der Waals surface area contributed by atoms with E-state index in [1.54, 1.807) is 11.0 Å². The number of nitrogens with zero attached hydrogens (tertiary/aromatic N) is 1.